The molecule has 2 saturated heterocycles. The quantitative estimate of drug-likeness (QED) is 0.812. The number of rotatable bonds is 2. The van der Waals surface area contributed by atoms with Crippen LogP contribution in [0.15, 0.2) is 35.7 Å². The summed E-state index contributed by atoms with van der Waals surface area (Å²) >= 11 is 1.65. The Hall–Kier alpha value is -2.54. The summed E-state index contributed by atoms with van der Waals surface area (Å²) in [6.45, 7) is 4.46. The zero-order valence-electron chi connectivity index (χ0n) is 14.0. The van der Waals surface area contributed by atoms with E-state index in [2.05, 4.69) is 5.32 Å². The number of likely N-dealkylation sites (tertiary alicyclic amines) is 2. The van der Waals surface area contributed by atoms with Gasteiger partial charge in [0.1, 0.15) is 0 Å². The minimum Gasteiger partial charge on any atom is -0.397 e. The summed E-state index contributed by atoms with van der Waals surface area (Å²) in [5.74, 6) is 0.103. The lowest BCUT2D eigenvalue weighted by atomic mass is 9.73. The zero-order chi connectivity index (χ0) is 17.6. The lowest BCUT2D eigenvalue weighted by Crippen LogP contribution is -2.73. The third-order valence-corrected chi connectivity index (χ3v) is 5.86. The van der Waals surface area contributed by atoms with E-state index in [9.17, 15) is 9.59 Å². The minimum atomic E-state index is -0.137. The van der Waals surface area contributed by atoms with Crippen LogP contribution < -0.4 is 11.1 Å². The first kappa shape index (κ1) is 16.0. The molecule has 3 heterocycles. The molecule has 1 spiro atoms. The van der Waals surface area contributed by atoms with E-state index in [0.29, 0.717) is 24.5 Å². The highest BCUT2D eigenvalue weighted by Crippen LogP contribution is 2.40. The largest absolute Gasteiger partial charge is 0.397 e. The van der Waals surface area contributed by atoms with E-state index in [1.807, 2.05) is 40.6 Å². The number of amides is 3. The van der Waals surface area contributed by atoms with Gasteiger partial charge < -0.3 is 20.9 Å². The van der Waals surface area contributed by atoms with Crippen LogP contribution in [0.5, 0.6) is 0 Å². The zero-order valence-corrected chi connectivity index (χ0v) is 14.8. The maximum absolute atomic E-state index is 12.5. The number of anilines is 2. The highest BCUT2D eigenvalue weighted by atomic mass is 32.1. The van der Waals surface area contributed by atoms with E-state index < -0.39 is 0 Å². The predicted octanol–water partition coefficient (Wildman–Crippen LogP) is 2.69. The van der Waals surface area contributed by atoms with Crippen molar-refractivity contribution in [2.75, 3.05) is 37.2 Å². The Bertz CT molecular complexity index is 820. The number of hydrogen-bond acceptors (Lipinski definition) is 4. The van der Waals surface area contributed by atoms with Gasteiger partial charge in [-0.3, -0.25) is 4.79 Å². The van der Waals surface area contributed by atoms with Gasteiger partial charge in [-0.25, -0.2) is 4.79 Å². The number of nitrogen functional groups attached to an aromatic ring is 1. The molecule has 3 amide bonds. The Kier molecular flexibility index (Phi) is 3.68. The fourth-order valence-corrected chi connectivity index (χ4v) is 4.27. The number of nitrogens with zero attached hydrogens (tertiary/aromatic N) is 2. The summed E-state index contributed by atoms with van der Waals surface area (Å²) in [6, 6.07) is 9.59. The Morgan fingerprint density at radius 2 is 1.88 bits per heavy atom. The number of urea groups is 1. The first-order chi connectivity index (χ1) is 12.0. The van der Waals surface area contributed by atoms with Gasteiger partial charge in [0.25, 0.3) is 0 Å². The molecule has 25 heavy (non-hydrogen) atoms. The van der Waals surface area contributed by atoms with Gasteiger partial charge in [0.05, 0.1) is 11.4 Å². The second kappa shape index (κ2) is 5.77. The van der Waals surface area contributed by atoms with Gasteiger partial charge in [-0.2, -0.15) is 0 Å². The Morgan fingerprint density at radius 3 is 2.52 bits per heavy atom. The summed E-state index contributed by atoms with van der Waals surface area (Å²) in [7, 11) is 0. The van der Waals surface area contributed by atoms with Crippen LogP contribution in [0.4, 0.5) is 16.2 Å². The van der Waals surface area contributed by atoms with Gasteiger partial charge in [0.15, 0.2) is 0 Å². The van der Waals surface area contributed by atoms with Crippen LogP contribution >= 0.6 is 11.3 Å². The Morgan fingerprint density at radius 1 is 1.16 bits per heavy atom. The topological polar surface area (TPSA) is 78.7 Å². The summed E-state index contributed by atoms with van der Waals surface area (Å²) in [5, 5.41) is 4.94. The molecule has 0 unspecified atom stereocenters. The molecule has 2 aliphatic rings. The van der Waals surface area contributed by atoms with Crippen LogP contribution in [0.2, 0.25) is 0 Å². The highest BCUT2D eigenvalue weighted by Gasteiger charge is 2.53. The second-order valence-corrected chi connectivity index (χ2v) is 7.89. The molecule has 0 bridgehead atoms. The number of nitrogens with one attached hydrogen (secondary N) is 1. The van der Waals surface area contributed by atoms with Crippen molar-refractivity contribution in [3.05, 3.63) is 35.7 Å². The van der Waals surface area contributed by atoms with Crippen LogP contribution in [-0.4, -0.2) is 47.9 Å². The normalized spacial score (nSPS) is 17.8. The number of thiophene rings is 1. The summed E-state index contributed by atoms with van der Waals surface area (Å²) in [5.41, 5.74) is 8.35. The SMILES string of the molecule is CC(=O)N1CC2(C1)CN(C(=O)Nc1cc(-c3cccs3)ccc1N)C2. The standard InChI is InChI=1S/C18H20N4O2S/c1-12(23)21-8-18(9-21)10-22(11-18)17(24)20-15-7-13(4-5-14(15)19)16-3-2-6-25-16/h2-7H,8-11,19H2,1H3,(H,20,24). The molecule has 130 valence electrons. The molecule has 2 fully saturated rings. The molecule has 3 N–H and O–H groups in total. The van der Waals surface area contributed by atoms with E-state index in [0.717, 1.165) is 23.5 Å². The lowest BCUT2D eigenvalue weighted by Gasteiger charge is -2.59. The van der Waals surface area contributed by atoms with Crippen LogP contribution in [0.3, 0.4) is 0 Å². The number of carbonyl (C=O) groups excluding carboxylic acids is 2. The molecule has 4 rings (SSSR count). The van der Waals surface area contributed by atoms with E-state index in [4.69, 9.17) is 5.73 Å². The second-order valence-electron chi connectivity index (χ2n) is 6.94. The summed E-state index contributed by atoms with van der Waals surface area (Å²) in [6.07, 6.45) is 0. The van der Waals surface area contributed by atoms with E-state index in [1.54, 1.807) is 23.2 Å². The van der Waals surface area contributed by atoms with Gasteiger partial charge >= 0.3 is 6.03 Å². The predicted molar refractivity (Wildman–Crippen MR) is 99.4 cm³/mol. The molecular weight excluding hydrogens is 336 g/mol. The molecule has 2 aromatic rings. The van der Waals surface area contributed by atoms with Crippen molar-refractivity contribution in [1.29, 1.82) is 0 Å². The monoisotopic (exact) mass is 356 g/mol. The third-order valence-electron chi connectivity index (χ3n) is 4.94. The average molecular weight is 356 g/mol. The highest BCUT2D eigenvalue weighted by molar-refractivity contribution is 7.13. The molecule has 2 aliphatic heterocycles. The van der Waals surface area contributed by atoms with Crippen LogP contribution in [0.25, 0.3) is 10.4 Å². The Balaban J connectivity index is 1.39. The minimum absolute atomic E-state index is 0.103. The number of benzene rings is 1. The fourth-order valence-electron chi connectivity index (χ4n) is 3.55. The molecule has 0 radical (unpaired) electrons. The van der Waals surface area contributed by atoms with Gasteiger partial charge in [0, 0.05) is 43.4 Å². The molecule has 1 aromatic heterocycles. The fraction of sp³-hybridized carbons (Fsp3) is 0.333. The van der Waals surface area contributed by atoms with E-state index in [1.165, 1.54) is 0 Å². The van der Waals surface area contributed by atoms with Gasteiger partial charge in [-0.1, -0.05) is 12.1 Å². The molecular formula is C18H20N4O2S. The summed E-state index contributed by atoms with van der Waals surface area (Å²) in [4.78, 5) is 28.5. The van der Waals surface area contributed by atoms with Crippen molar-refractivity contribution >= 4 is 34.6 Å². The summed E-state index contributed by atoms with van der Waals surface area (Å²) < 4.78 is 0. The van der Waals surface area contributed by atoms with Crippen molar-refractivity contribution in [2.24, 2.45) is 5.41 Å². The maximum atomic E-state index is 12.5. The lowest BCUT2D eigenvalue weighted by molar-refractivity contribution is -0.151. The molecule has 0 atom stereocenters. The van der Waals surface area contributed by atoms with Crippen molar-refractivity contribution in [3.8, 4) is 10.4 Å². The van der Waals surface area contributed by atoms with Gasteiger partial charge in [-0.05, 0) is 29.1 Å². The van der Waals surface area contributed by atoms with Gasteiger partial charge in [0.2, 0.25) is 5.91 Å². The van der Waals surface area contributed by atoms with Crippen LogP contribution in [-0.2, 0) is 4.79 Å². The smallest absolute Gasteiger partial charge is 0.321 e. The number of nitrogens with two attached hydrogens (primary N) is 1. The van der Waals surface area contributed by atoms with Crippen molar-refractivity contribution in [2.45, 2.75) is 6.92 Å². The number of hydrogen-bond donors (Lipinski definition) is 2. The first-order valence-corrected chi connectivity index (χ1v) is 9.09. The van der Waals surface area contributed by atoms with Crippen molar-refractivity contribution in [3.63, 3.8) is 0 Å². The molecule has 0 saturated carbocycles. The molecule has 1 aromatic carbocycles. The van der Waals surface area contributed by atoms with Crippen molar-refractivity contribution < 1.29 is 9.59 Å². The Labute approximate surface area is 150 Å². The third kappa shape index (κ3) is 2.84. The molecule has 7 heteroatoms. The van der Waals surface area contributed by atoms with Gasteiger partial charge in [-0.15, -0.1) is 11.3 Å². The van der Waals surface area contributed by atoms with Crippen molar-refractivity contribution in [1.82, 2.24) is 9.80 Å². The first-order valence-electron chi connectivity index (χ1n) is 8.21. The molecule has 6 nitrogen and oxygen atoms in total. The maximum Gasteiger partial charge on any atom is 0.321 e. The molecule has 0 aliphatic carbocycles. The number of carbonyl (C=O) groups is 2. The van der Waals surface area contributed by atoms with E-state index >= 15 is 0 Å². The average Bonchev–Trinajstić information content (AvgIpc) is 3.00. The van der Waals surface area contributed by atoms with Crippen LogP contribution in [0, 0.1) is 5.41 Å². The van der Waals surface area contributed by atoms with E-state index in [-0.39, 0.29) is 17.4 Å². The van der Waals surface area contributed by atoms with Crippen LogP contribution in [0.1, 0.15) is 6.92 Å².